The van der Waals surface area contributed by atoms with E-state index in [0.717, 1.165) is 26.1 Å². The molecule has 0 aliphatic carbocycles. The highest BCUT2D eigenvalue weighted by atomic mass is 35.5. The van der Waals surface area contributed by atoms with Crippen LogP contribution in [0.15, 0.2) is 18.5 Å². The van der Waals surface area contributed by atoms with Gasteiger partial charge in [-0.1, -0.05) is 6.42 Å². The van der Waals surface area contributed by atoms with Gasteiger partial charge in [-0.3, -0.25) is 14.7 Å². The van der Waals surface area contributed by atoms with Crippen molar-refractivity contribution in [3.05, 3.63) is 29.6 Å². The minimum absolute atomic E-state index is 0. The smallest absolute Gasteiger partial charge is 0.221 e. The van der Waals surface area contributed by atoms with Gasteiger partial charge in [-0.15, -0.1) is 12.4 Å². The van der Waals surface area contributed by atoms with E-state index in [0.29, 0.717) is 19.0 Å². The molecule has 0 aromatic carbocycles. The Balaban J connectivity index is 0.00000242. The van der Waals surface area contributed by atoms with Crippen LogP contribution in [0.25, 0.3) is 0 Å². The van der Waals surface area contributed by atoms with Gasteiger partial charge in [0.2, 0.25) is 5.91 Å². The van der Waals surface area contributed by atoms with Crippen LogP contribution in [0.4, 0.5) is 0 Å². The number of piperidine rings is 1. The van der Waals surface area contributed by atoms with Crippen LogP contribution in [0.3, 0.4) is 0 Å². The molecule has 0 radical (unpaired) electrons. The number of pyridine rings is 1. The molecule has 2 heterocycles. The summed E-state index contributed by atoms with van der Waals surface area (Å²) in [5.74, 6) is 0.0561. The van der Waals surface area contributed by atoms with Crippen LogP contribution in [0, 0.1) is 6.92 Å². The van der Waals surface area contributed by atoms with E-state index >= 15 is 0 Å². The number of aryl methyl sites for hydroxylation is 1. The largest absolute Gasteiger partial charge is 0.354 e. The summed E-state index contributed by atoms with van der Waals surface area (Å²) in [5, 5.41) is 3.01. The van der Waals surface area contributed by atoms with Gasteiger partial charge in [0.1, 0.15) is 0 Å². The number of hydrogen-bond donors (Lipinski definition) is 2. The molecule has 1 aromatic heterocycles. The lowest BCUT2D eigenvalue weighted by atomic mass is 10.0. The molecule has 1 amide bonds. The molecule has 1 atom stereocenters. The molecule has 1 aliphatic heterocycles. The number of likely N-dealkylation sites (tertiary alicyclic amines) is 1. The second-order valence-electron chi connectivity index (χ2n) is 5.76. The maximum absolute atomic E-state index is 11.6. The summed E-state index contributed by atoms with van der Waals surface area (Å²) in [6.07, 6.45) is 7.80. The van der Waals surface area contributed by atoms with E-state index in [1.807, 2.05) is 12.4 Å². The molecule has 3 N–H and O–H groups in total. The Kier molecular flexibility index (Phi) is 8.38. The number of rotatable bonds is 6. The normalized spacial score (nSPS) is 18.5. The predicted molar refractivity (Wildman–Crippen MR) is 91.0 cm³/mol. The molecular formula is C16H27ClN4O. The van der Waals surface area contributed by atoms with E-state index in [9.17, 15) is 4.79 Å². The number of carbonyl (C=O) groups excluding carboxylic acids is 1. The highest BCUT2D eigenvalue weighted by Gasteiger charge is 2.23. The zero-order valence-corrected chi connectivity index (χ0v) is 14.1. The van der Waals surface area contributed by atoms with Crippen LogP contribution >= 0.6 is 12.4 Å². The SMILES string of the molecule is Cc1ccncc1CN1CCCCC1CNC(=O)CCN.Cl. The maximum atomic E-state index is 11.6. The van der Waals surface area contributed by atoms with Crippen LogP contribution < -0.4 is 11.1 Å². The number of aromatic nitrogens is 1. The van der Waals surface area contributed by atoms with E-state index in [1.165, 1.54) is 24.0 Å². The Morgan fingerprint density at radius 3 is 3.05 bits per heavy atom. The van der Waals surface area contributed by atoms with Crippen LogP contribution in [-0.2, 0) is 11.3 Å². The molecule has 5 nitrogen and oxygen atoms in total. The first kappa shape index (κ1) is 18.9. The lowest BCUT2D eigenvalue weighted by molar-refractivity contribution is -0.121. The number of nitrogens with zero attached hydrogens (tertiary/aromatic N) is 2. The zero-order chi connectivity index (χ0) is 15.1. The quantitative estimate of drug-likeness (QED) is 0.833. The van der Waals surface area contributed by atoms with E-state index < -0.39 is 0 Å². The molecule has 6 heteroatoms. The van der Waals surface area contributed by atoms with Crippen LogP contribution in [0.1, 0.15) is 36.8 Å². The summed E-state index contributed by atoms with van der Waals surface area (Å²) >= 11 is 0. The lowest BCUT2D eigenvalue weighted by Gasteiger charge is -2.36. The summed E-state index contributed by atoms with van der Waals surface area (Å²) in [6.45, 7) is 5.26. The van der Waals surface area contributed by atoms with Crippen molar-refractivity contribution in [2.24, 2.45) is 5.73 Å². The molecular weight excluding hydrogens is 300 g/mol. The Morgan fingerprint density at radius 1 is 1.50 bits per heavy atom. The van der Waals surface area contributed by atoms with Gasteiger partial charge in [0.15, 0.2) is 0 Å². The highest BCUT2D eigenvalue weighted by molar-refractivity contribution is 5.85. The Morgan fingerprint density at radius 2 is 2.32 bits per heavy atom. The number of amides is 1. The summed E-state index contributed by atoms with van der Waals surface area (Å²) in [4.78, 5) is 18.3. The second kappa shape index (κ2) is 9.77. The number of nitrogens with one attached hydrogen (secondary N) is 1. The van der Waals surface area contributed by atoms with Gasteiger partial charge in [-0.2, -0.15) is 0 Å². The average Bonchev–Trinajstić information content (AvgIpc) is 2.49. The van der Waals surface area contributed by atoms with Gasteiger partial charge in [0.05, 0.1) is 0 Å². The topological polar surface area (TPSA) is 71.2 Å². The van der Waals surface area contributed by atoms with E-state index in [-0.39, 0.29) is 18.3 Å². The molecule has 1 aromatic rings. The van der Waals surface area contributed by atoms with Gasteiger partial charge in [-0.25, -0.2) is 0 Å². The van der Waals surface area contributed by atoms with Gasteiger partial charge >= 0.3 is 0 Å². The standard InChI is InChI=1S/C16H26N4O.ClH/c1-13-6-8-18-10-14(13)12-20-9-3-2-4-15(20)11-19-16(21)5-7-17;/h6,8,10,15H,2-5,7,9,11-12,17H2,1H3,(H,19,21);1H. The van der Waals surface area contributed by atoms with E-state index in [2.05, 4.69) is 28.2 Å². The number of nitrogens with two attached hydrogens (primary N) is 1. The average molecular weight is 327 g/mol. The highest BCUT2D eigenvalue weighted by Crippen LogP contribution is 2.20. The van der Waals surface area contributed by atoms with Gasteiger partial charge in [-0.05, 0) is 43.5 Å². The van der Waals surface area contributed by atoms with Gasteiger partial charge < -0.3 is 11.1 Å². The minimum atomic E-state index is 0. The van der Waals surface area contributed by atoms with Crippen LogP contribution in [0.5, 0.6) is 0 Å². The molecule has 1 unspecified atom stereocenters. The van der Waals surface area contributed by atoms with Crippen molar-refractivity contribution >= 4 is 18.3 Å². The van der Waals surface area contributed by atoms with Crippen LogP contribution in [0.2, 0.25) is 0 Å². The third-order valence-electron chi connectivity index (χ3n) is 4.18. The minimum Gasteiger partial charge on any atom is -0.354 e. The van der Waals surface area contributed by atoms with Crippen molar-refractivity contribution in [3.8, 4) is 0 Å². The summed E-state index contributed by atoms with van der Waals surface area (Å²) in [5.41, 5.74) is 7.96. The Bertz CT molecular complexity index is 469. The molecule has 0 bridgehead atoms. The fourth-order valence-corrected chi connectivity index (χ4v) is 2.83. The van der Waals surface area contributed by atoms with Gasteiger partial charge in [0, 0.05) is 44.5 Å². The van der Waals surface area contributed by atoms with Crippen molar-refractivity contribution in [2.45, 2.75) is 45.2 Å². The van der Waals surface area contributed by atoms with Crippen molar-refractivity contribution in [1.29, 1.82) is 0 Å². The molecule has 22 heavy (non-hydrogen) atoms. The molecule has 124 valence electrons. The summed E-state index contributed by atoms with van der Waals surface area (Å²) in [6, 6.07) is 2.47. The maximum Gasteiger partial charge on any atom is 0.221 e. The number of carbonyl (C=O) groups is 1. The monoisotopic (exact) mass is 326 g/mol. The van der Waals surface area contributed by atoms with E-state index in [1.54, 1.807) is 0 Å². The van der Waals surface area contributed by atoms with Crippen molar-refractivity contribution in [3.63, 3.8) is 0 Å². The zero-order valence-electron chi connectivity index (χ0n) is 13.3. The summed E-state index contributed by atoms with van der Waals surface area (Å²) in [7, 11) is 0. The second-order valence-corrected chi connectivity index (χ2v) is 5.76. The molecule has 0 saturated carbocycles. The number of halogens is 1. The fourth-order valence-electron chi connectivity index (χ4n) is 2.83. The lowest BCUT2D eigenvalue weighted by Crippen LogP contribution is -2.46. The summed E-state index contributed by atoms with van der Waals surface area (Å²) < 4.78 is 0. The van der Waals surface area contributed by atoms with Crippen molar-refractivity contribution < 1.29 is 4.79 Å². The van der Waals surface area contributed by atoms with Gasteiger partial charge in [0.25, 0.3) is 0 Å². The first-order chi connectivity index (χ1) is 10.2. The third-order valence-corrected chi connectivity index (χ3v) is 4.18. The molecule has 1 fully saturated rings. The Labute approximate surface area is 139 Å². The predicted octanol–water partition coefficient (Wildman–Crippen LogP) is 1.63. The van der Waals surface area contributed by atoms with Crippen LogP contribution in [-0.4, -0.2) is 41.5 Å². The fraction of sp³-hybridized carbons (Fsp3) is 0.625. The van der Waals surface area contributed by atoms with Crippen molar-refractivity contribution in [1.82, 2.24) is 15.2 Å². The van der Waals surface area contributed by atoms with Crippen molar-refractivity contribution in [2.75, 3.05) is 19.6 Å². The molecule has 0 spiro atoms. The number of hydrogen-bond acceptors (Lipinski definition) is 4. The molecule has 1 aliphatic rings. The first-order valence-electron chi connectivity index (χ1n) is 7.81. The third kappa shape index (κ3) is 5.55. The molecule has 1 saturated heterocycles. The van der Waals surface area contributed by atoms with E-state index in [4.69, 9.17) is 5.73 Å². The Hall–Kier alpha value is -1.17. The molecule has 2 rings (SSSR count). The first-order valence-corrected chi connectivity index (χ1v) is 7.81.